The van der Waals surface area contributed by atoms with Crippen molar-refractivity contribution in [1.29, 1.82) is 0 Å². The zero-order valence-corrected chi connectivity index (χ0v) is 14.6. The van der Waals surface area contributed by atoms with Crippen molar-refractivity contribution in [2.75, 3.05) is 26.2 Å². The van der Waals surface area contributed by atoms with Crippen molar-refractivity contribution in [3.63, 3.8) is 0 Å². The van der Waals surface area contributed by atoms with E-state index in [1.807, 2.05) is 0 Å². The first-order valence-corrected chi connectivity index (χ1v) is 8.46. The van der Waals surface area contributed by atoms with Crippen LogP contribution < -0.4 is 0 Å². The Labute approximate surface area is 146 Å². The molecule has 3 nitrogen and oxygen atoms in total. The maximum Gasteiger partial charge on any atom is 0.254 e. The Balaban J connectivity index is 1.59. The summed E-state index contributed by atoms with van der Waals surface area (Å²) in [6.07, 6.45) is 0. The van der Waals surface area contributed by atoms with Gasteiger partial charge in [-0.25, -0.2) is 8.78 Å². The van der Waals surface area contributed by atoms with E-state index in [1.54, 1.807) is 4.90 Å². The largest absolute Gasteiger partial charge is 0.336 e. The van der Waals surface area contributed by atoms with Crippen molar-refractivity contribution in [3.8, 4) is 0 Å². The topological polar surface area (TPSA) is 23.6 Å². The molecule has 1 amide bonds. The van der Waals surface area contributed by atoms with Crippen LogP contribution in [-0.2, 0) is 6.54 Å². The summed E-state index contributed by atoms with van der Waals surface area (Å²) in [5.74, 6) is -1.77. The molecule has 0 aromatic heterocycles. The second-order valence-corrected chi connectivity index (χ2v) is 6.65. The van der Waals surface area contributed by atoms with E-state index in [0.717, 1.165) is 37.8 Å². The first-order chi connectivity index (χ1) is 11.9. The van der Waals surface area contributed by atoms with Crippen LogP contribution in [0.15, 0.2) is 36.4 Å². The van der Waals surface area contributed by atoms with Gasteiger partial charge in [-0.2, -0.15) is 0 Å². The summed E-state index contributed by atoms with van der Waals surface area (Å²) in [6.45, 7) is 7.65. The van der Waals surface area contributed by atoms with E-state index >= 15 is 0 Å². The van der Waals surface area contributed by atoms with Gasteiger partial charge in [0.05, 0.1) is 0 Å². The highest BCUT2D eigenvalue weighted by atomic mass is 19.1. The number of amides is 1. The fraction of sp³-hybridized carbons (Fsp3) is 0.350. The van der Waals surface area contributed by atoms with Crippen LogP contribution in [0.5, 0.6) is 0 Å². The van der Waals surface area contributed by atoms with Gasteiger partial charge >= 0.3 is 0 Å². The van der Waals surface area contributed by atoms with Gasteiger partial charge in [0, 0.05) is 44.4 Å². The number of hydrogen-bond donors (Lipinski definition) is 0. The van der Waals surface area contributed by atoms with Gasteiger partial charge in [0.25, 0.3) is 5.91 Å². The minimum absolute atomic E-state index is 0.0695. The molecule has 25 heavy (non-hydrogen) atoms. The van der Waals surface area contributed by atoms with Crippen molar-refractivity contribution in [1.82, 2.24) is 9.80 Å². The van der Waals surface area contributed by atoms with Crippen molar-refractivity contribution < 1.29 is 13.6 Å². The van der Waals surface area contributed by atoms with E-state index in [2.05, 4.69) is 36.9 Å². The highest BCUT2D eigenvalue weighted by molar-refractivity contribution is 5.94. The predicted octanol–water partition coefficient (Wildman–Crippen LogP) is 3.54. The maximum absolute atomic E-state index is 13.3. The number of rotatable bonds is 3. The van der Waals surface area contributed by atoms with Crippen molar-refractivity contribution in [2.45, 2.75) is 20.4 Å². The number of aryl methyl sites for hydroxylation is 2. The summed E-state index contributed by atoms with van der Waals surface area (Å²) in [7, 11) is 0. The second-order valence-electron chi connectivity index (χ2n) is 6.65. The quantitative estimate of drug-likeness (QED) is 0.850. The van der Waals surface area contributed by atoms with Gasteiger partial charge < -0.3 is 4.90 Å². The van der Waals surface area contributed by atoms with Crippen LogP contribution in [0.25, 0.3) is 0 Å². The average molecular weight is 344 g/mol. The zero-order valence-electron chi connectivity index (χ0n) is 14.6. The van der Waals surface area contributed by atoms with Crippen molar-refractivity contribution in [3.05, 3.63) is 70.3 Å². The monoisotopic (exact) mass is 344 g/mol. The molecular weight excluding hydrogens is 322 g/mol. The fourth-order valence-electron chi connectivity index (χ4n) is 3.13. The molecule has 0 bridgehead atoms. The van der Waals surface area contributed by atoms with Crippen LogP contribution in [0.1, 0.15) is 27.0 Å². The van der Waals surface area contributed by atoms with Crippen LogP contribution in [0.2, 0.25) is 0 Å². The van der Waals surface area contributed by atoms with Gasteiger partial charge in [-0.05, 0) is 42.7 Å². The molecule has 0 radical (unpaired) electrons. The van der Waals surface area contributed by atoms with Crippen LogP contribution in [-0.4, -0.2) is 41.9 Å². The highest BCUT2D eigenvalue weighted by Gasteiger charge is 2.23. The number of hydrogen-bond acceptors (Lipinski definition) is 2. The predicted molar refractivity (Wildman–Crippen MR) is 93.5 cm³/mol. The fourth-order valence-corrected chi connectivity index (χ4v) is 3.13. The zero-order chi connectivity index (χ0) is 18.0. The van der Waals surface area contributed by atoms with Gasteiger partial charge in [-0.15, -0.1) is 0 Å². The van der Waals surface area contributed by atoms with E-state index < -0.39 is 11.6 Å². The van der Waals surface area contributed by atoms with Crippen molar-refractivity contribution in [2.24, 2.45) is 0 Å². The Kier molecular flexibility index (Phi) is 5.13. The third-order valence-electron chi connectivity index (χ3n) is 4.75. The minimum Gasteiger partial charge on any atom is -0.336 e. The van der Waals surface area contributed by atoms with Crippen LogP contribution in [0, 0.1) is 25.5 Å². The number of piperazine rings is 1. The van der Waals surface area contributed by atoms with Crippen LogP contribution in [0.4, 0.5) is 8.78 Å². The summed E-state index contributed by atoms with van der Waals surface area (Å²) >= 11 is 0. The average Bonchev–Trinajstić information content (AvgIpc) is 2.57. The van der Waals surface area contributed by atoms with Gasteiger partial charge in [0.2, 0.25) is 0 Å². The molecule has 0 aliphatic carbocycles. The molecule has 0 saturated carbocycles. The maximum atomic E-state index is 13.3. The number of carbonyl (C=O) groups is 1. The van der Waals surface area contributed by atoms with Crippen molar-refractivity contribution >= 4 is 5.91 Å². The Morgan fingerprint density at radius 1 is 0.920 bits per heavy atom. The molecule has 0 atom stereocenters. The lowest BCUT2D eigenvalue weighted by atomic mass is 10.1. The summed E-state index contributed by atoms with van der Waals surface area (Å²) in [4.78, 5) is 16.4. The Morgan fingerprint density at radius 2 is 1.56 bits per heavy atom. The molecule has 5 heteroatoms. The molecule has 0 N–H and O–H groups in total. The summed E-state index contributed by atoms with van der Waals surface area (Å²) < 4.78 is 26.6. The SMILES string of the molecule is Cc1ccc(CN2CCN(C(=O)c3cc(F)cc(F)c3)CC2)cc1C. The number of carbonyl (C=O) groups excluding carboxylic acids is 1. The smallest absolute Gasteiger partial charge is 0.254 e. The van der Waals surface area contributed by atoms with Gasteiger partial charge in [0.1, 0.15) is 11.6 Å². The molecule has 1 aliphatic rings. The lowest BCUT2D eigenvalue weighted by molar-refractivity contribution is 0.0627. The Bertz CT molecular complexity index is 763. The minimum atomic E-state index is -0.725. The molecule has 1 saturated heterocycles. The third-order valence-corrected chi connectivity index (χ3v) is 4.75. The Hall–Kier alpha value is -2.27. The lowest BCUT2D eigenvalue weighted by Crippen LogP contribution is -2.48. The molecule has 1 fully saturated rings. The van der Waals surface area contributed by atoms with Gasteiger partial charge in [0.15, 0.2) is 0 Å². The summed E-state index contributed by atoms with van der Waals surface area (Å²) in [6, 6.07) is 9.42. The molecule has 3 rings (SSSR count). The number of halogens is 2. The van der Waals surface area contributed by atoms with E-state index in [1.165, 1.54) is 16.7 Å². The third kappa shape index (κ3) is 4.23. The van der Waals surface area contributed by atoms with E-state index in [9.17, 15) is 13.6 Å². The summed E-state index contributed by atoms with van der Waals surface area (Å²) in [5.41, 5.74) is 3.89. The second kappa shape index (κ2) is 7.31. The van der Waals surface area contributed by atoms with Crippen LogP contribution in [0.3, 0.4) is 0 Å². The molecule has 132 valence electrons. The summed E-state index contributed by atoms with van der Waals surface area (Å²) in [5, 5.41) is 0. The van der Waals surface area contributed by atoms with Gasteiger partial charge in [-0.3, -0.25) is 9.69 Å². The highest BCUT2D eigenvalue weighted by Crippen LogP contribution is 2.16. The lowest BCUT2D eigenvalue weighted by Gasteiger charge is -2.35. The van der Waals surface area contributed by atoms with E-state index in [4.69, 9.17) is 0 Å². The number of nitrogens with zero attached hydrogens (tertiary/aromatic N) is 2. The van der Waals surface area contributed by atoms with E-state index in [-0.39, 0.29) is 11.5 Å². The molecule has 1 heterocycles. The normalized spacial score (nSPS) is 15.4. The number of benzene rings is 2. The Morgan fingerprint density at radius 3 is 2.16 bits per heavy atom. The molecule has 0 unspecified atom stereocenters. The first kappa shape index (κ1) is 17.5. The first-order valence-electron chi connectivity index (χ1n) is 8.46. The van der Waals surface area contributed by atoms with E-state index in [0.29, 0.717) is 13.1 Å². The standard InChI is InChI=1S/C20H22F2N2O/c1-14-3-4-16(9-15(14)2)13-23-5-7-24(8-6-23)20(25)17-10-18(21)12-19(22)11-17/h3-4,9-12H,5-8,13H2,1-2H3. The molecule has 2 aromatic rings. The molecular formula is C20H22F2N2O. The molecule has 1 aliphatic heterocycles. The molecule has 0 spiro atoms. The van der Waals surface area contributed by atoms with Gasteiger partial charge in [-0.1, -0.05) is 18.2 Å². The van der Waals surface area contributed by atoms with Crippen LogP contribution >= 0.6 is 0 Å². The molecule has 2 aromatic carbocycles.